The smallest absolute Gasteiger partial charge is 0.123 e. The molecule has 96 valence electrons. The van der Waals surface area contributed by atoms with Crippen LogP contribution in [-0.2, 0) is 19.6 Å². The number of halogens is 1. The summed E-state index contributed by atoms with van der Waals surface area (Å²) in [6, 6.07) is 8.57. The molecule has 0 saturated carbocycles. The molecule has 1 aromatic heterocycles. The van der Waals surface area contributed by atoms with Crippen LogP contribution < -0.4 is 5.73 Å². The molecule has 0 amide bonds. The van der Waals surface area contributed by atoms with E-state index in [9.17, 15) is 4.39 Å². The molecule has 0 atom stereocenters. The van der Waals surface area contributed by atoms with Gasteiger partial charge in [0.25, 0.3) is 0 Å². The molecule has 0 aliphatic carbocycles. The average molecular weight is 248 g/mol. The van der Waals surface area contributed by atoms with Gasteiger partial charge in [-0.15, -0.1) is 0 Å². The molecule has 0 fully saturated rings. The highest BCUT2D eigenvalue weighted by Crippen LogP contribution is 2.12. The first-order valence-electron chi connectivity index (χ1n) is 5.86. The molecule has 1 heterocycles. The Balaban J connectivity index is 1.94. The van der Waals surface area contributed by atoms with Gasteiger partial charge in [0, 0.05) is 18.7 Å². The average Bonchev–Trinajstić information content (AvgIpc) is 2.76. The van der Waals surface area contributed by atoms with Crippen LogP contribution >= 0.6 is 0 Å². The molecule has 0 aliphatic rings. The second-order valence-electron chi connectivity index (χ2n) is 4.43. The van der Waals surface area contributed by atoms with Crippen LogP contribution in [0.3, 0.4) is 0 Å². The van der Waals surface area contributed by atoms with Gasteiger partial charge in [-0.25, -0.2) is 4.39 Å². The number of rotatable bonds is 5. The summed E-state index contributed by atoms with van der Waals surface area (Å²) in [4.78, 5) is 2.06. The molecule has 2 N–H and O–H groups in total. The number of nitrogens with two attached hydrogens (primary N) is 1. The lowest BCUT2D eigenvalue weighted by molar-refractivity contribution is 0.287. The lowest BCUT2D eigenvalue weighted by Gasteiger charge is -2.15. The van der Waals surface area contributed by atoms with Crippen LogP contribution in [0.4, 0.5) is 4.39 Å². The summed E-state index contributed by atoms with van der Waals surface area (Å²) in [7, 11) is 1.97. The minimum absolute atomic E-state index is 0.204. The Kier molecular flexibility index (Phi) is 4.12. The fraction of sp³-hybridized carbons (Fsp3) is 0.286. The topological polar surface area (TPSA) is 42.4 Å². The van der Waals surface area contributed by atoms with Gasteiger partial charge in [-0.05, 0) is 30.8 Å². The van der Waals surface area contributed by atoms with Crippen molar-refractivity contribution in [3.05, 3.63) is 59.3 Å². The van der Waals surface area contributed by atoms with Crippen LogP contribution in [0.15, 0.2) is 41.0 Å². The first-order chi connectivity index (χ1) is 8.67. The molecule has 1 aromatic carbocycles. The van der Waals surface area contributed by atoms with Crippen molar-refractivity contribution in [2.24, 2.45) is 5.73 Å². The Morgan fingerprint density at radius 2 is 2.06 bits per heavy atom. The standard InChI is InChI=1S/C14H17FN2O/c1-17(8-11-3-2-4-13(15)5-11)9-14-6-12(7-16)10-18-14/h2-6,10H,7-9,16H2,1H3. The second kappa shape index (κ2) is 5.80. The predicted molar refractivity (Wildman–Crippen MR) is 68.2 cm³/mol. The fourth-order valence-electron chi connectivity index (χ4n) is 1.89. The molecule has 3 nitrogen and oxygen atoms in total. The summed E-state index contributed by atoms with van der Waals surface area (Å²) in [6.45, 7) is 1.84. The van der Waals surface area contributed by atoms with Gasteiger partial charge in [0.05, 0.1) is 12.8 Å². The Morgan fingerprint density at radius 1 is 1.22 bits per heavy atom. The summed E-state index contributed by atoms with van der Waals surface area (Å²) in [5.41, 5.74) is 7.46. The summed E-state index contributed by atoms with van der Waals surface area (Å²) >= 11 is 0. The van der Waals surface area contributed by atoms with E-state index in [2.05, 4.69) is 4.90 Å². The molecular weight excluding hydrogens is 231 g/mol. The van der Waals surface area contributed by atoms with Crippen LogP contribution in [0.25, 0.3) is 0 Å². The van der Waals surface area contributed by atoms with E-state index in [1.807, 2.05) is 19.2 Å². The maximum atomic E-state index is 13.0. The molecule has 18 heavy (non-hydrogen) atoms. The largest absolute Gasteiger partial charge is 0.468 e. The minimum Gasteiger partial charge on any atom is -0.468 e. The molecule has 0 radical (unpaired) electrons. The van der Waals surface area contributed by atoms with Crippen LogP contribution in [0, 0.1) is 5.82 Å². The van der Waals surface area contributed by atoms with Crippen molar-refractivity contribution in [3.8, 4) is 0 Å². The van der Waals surface area contributed by atoms with Crippen molar-refractivity contribution in [2.75, 3.05) is 7.05 Å². The van der Waals surface area contributed by atoms with E-state index in [-0.39, 0.29) is 5.82 Å². The van der Waals surface area contributed by atoms with Gasteiger partial charge in [0.15, 0.2) is 0 Å². The fourth-order valence-corrected chi connectivity index (χ4v) is 1.89. The number of furan rings is 1. The summed E-state index contributed by atoms with van der Waals surface area (Å²) < 4.78 is 18.4. The zero-order valence-corrected chi connectivity index (χ0v) is 10.4. The third kappa shape index (κ3) is 3.42. The number of nitrogens with zero attached hydrogens (tertiary/aromatic N) is 1. The minimum atomic E-state index is -0.204. The van der Waals surface area contributed by atoms with Gasteiger partial charge in [-0.2, -0.15) is 0 Å². The monoisotopic (exact) mass is 248 g/mol. The number of benzene rings is 1. The molecule has 0 aliphatic heterocycles. The van der Waals surface area contributed by atoms with E-state index in [1.165, 1.54) is 6.07 Å². The highest BCUT2D eigenvalue weighted by Gasteiger charge is 2.06. The van der Waals surface area contributed by atoms with E-state index in [4.69, 9.17) is 10.2 Å². The van der Waals surface area contributed by atoms with E-state index in [0.717, 1.165) is 16.9 Å². The third-order valence-electron chi connectivity index (χ3n) is 2.71. The predicted octanol–water partition coefficient (Wildman–Crippen LogP) is 2.51. The van der Waals surface area contributed by atoms with Crippen molar-refractivity contribution < 1.29 is 8.81 Å². The van der Waals surface area contributed by atoms with Crippen LogP contribution in [0.1, 0.15) is 16.9 Å². The quantitative estimate of drug-likeness (QED) is 0.884. The van der Waals surface area contributed by atoms with Crippen molar-refractivity contribution in [3.63, 3.8) is 0 Å². The molecule has 0 spiro atoms. The highest BCUT2D eigenvalue weighted by molar-refractivity contribution is 5.16. The zero-order chi connectivity index (χ0) is 13.0. The van der Waals surface area contributed by atoms with Crippen molar-refractivity contribution in [1.82, 2.24) is 4.90 Å². The summed E-state index contributed by atoms with van der Waals surface area (Å²) in [5, 5.41) is 0. The number of hydrogen-bond donors (Lipinski definition) is 1. The SMILES string of the molecule is CN(Cc1cccc(F)c1)Cc1cc(CN)co1. The molecular formula is C14H17FN2O. The van der Waals surface area contributed by atoms with Gasteiger partial charge in [0.2, 0.25) is 0 Å². The Bertz CT molecular complexity index is 510. The van der Waals surface area contributed by atoms with E-state index >= 15 is 0 Å². The Morgan fingerprint density at radius 3 is 2.72 bits per heavy atom. The van der Waals surface area contributed by atoms with Crippen molar-refractivity contribution in [1.29, 1.82) is 0 Å². The maximum absolute atomic E-state index is 13.0. The van der Waals surface area contributed by atoms with Gasteiger partial charge >= 0.3 is 0 Å². The molecule has 0 unspecified atom stereocenters. The van der Waals surface area contributed by atoms with Gasteiger partial charge in [0.1, 0.15) is 11.6 Å². The Labute approximate surface area is 106 Å². The van der Waals surface area contributed by atoms with Crippen LogP contribution in [0.5, 0.6) is 0 Å². The van der Waals surface area contributed by atoms with Gasteiger partial charge in [-0.1, -0.05) is 12.1 Å². The molecule has 2 aromatic rings. The summed E-state index contributed by atoms with van der Waals surface area (Å²) in [5.74, 6) is 0.665. The molecule has 2 rings (SSSR count). The van der Waals surface area contributed by atoms with Crippen molar-refractivity contribution >= 4 is 0 Å². The first-order valence-corrected chi connectivity index (χ1v) is 5.86. The first kappa shape index (κ1) is 12.8. The summed E-state index contributed by atoms with van der Waals surface area (Å²) in [6.07, 6.45) is 1.67. The maximum Gasteiger partial charge on any atom is 0.123 e. The van der Waals surface area contributed by atoms with E-state index < -0.39 is 0 Å². The molecule has 0 bridgehead atoms. The van der Waals surface area contributed by atoms with Gasteiger partial charge < -0.3 is 10.2 Å². The Hall–Kier alpha value is -1.65. The van der Waals surface area contributed by atoms with Crippen LogP contribution in [-0.4, -0.2) is 11.9 Å². The van der Waals surface area contributed by atoms with E-state index in [1.54, 1.807) is 18.4 Å². The zero-order valence-electron chi connectivity index (χ0n) is 10.4. The lowest BCUT2D eigenvalue weighted by Crippen LogP contribution is -2.16. The lowest BCUT2D eigenvalue weighted by atomic mass is 10.2. The van der Waals surface area contributed by atoms with E-state index in [0.29, 0.717) is 19.6 Å². The van der Waals surface area contributed by atoms with Crippen molar-refractivity contribution in [2.45, 2.75) is 19.6 Å². The number of hydrogen-bond acceptors (Lipinski definition) is 3. The highest BCUT2D eigenvalue weighted by atomic mass is 19.1. The normalized spacial score (nSPS) is 11.1. The molecule has 4 heteroatoms. The second-order valence-corrected chi connectivity index (χ2v) is 4.43. The third-order valence-corrected chi connectivity index (χ3v) is 2.71. The van der Waals surface area contributed by atoms with Crippen LogP contribution in [0.2, 0.25) is 0 Å². The molecule has 0 saturated heterocycles. The van der Waals surface area contributed by atoms with Gasteiger partial charge in [-0.3, -0.25) is 4.90 Å².